The van der Waals surface area contributed by atoms with Gasteiger partial charge in [-0.1, -0.05) is 70.8 Å². The van der Waals surface area contributed by atoms with E-state index in [2.05, 4.69) is 6.92 Å². The first kappa shape index (κ1) is 21.3. The molecule has 0 aromatic rings. The van der Waals surface area contributed by atoms with Crippen LogP contribution >= 0.6 is 0 Å². The summed E-state index contributed by atoms with van der Waals surface area (Å²) in [4.78, 5) is 10.4. The van der Waals surface area contributed by atoms with Gasteiger partial charge in [-0.05, 0) is 12.8 Å². The summed E-state index contributed by atoms with van der Waals surface area (Å²) in [5.41, 5.74) is 5.28. The predicted molar refractivity (Wildman–Crippen MR) is 83.5 cm³/mol. The molecule has 108 valence electrons. The molecule has 3 nitrogen and oxygen atoms in total. The summed E-state index contributed by atoms with van der Waals surface area (Å²) in [7, 11) is 0. The van der Waals surface area contributed by atoms with Gasteiger partial charge in [0, 0.05) is 0 Å². The van der Waals surface area contributed by atoms with E-state index >= 15 is 0 Å². The Labute approximate surface area is 140 Å². The average molecular weight is 279 g/mol. The van der Waals surface area contributed by atoms with Crippen LogP contribution in [0.3, 0.4) is 0 Å². The maximum atomic E-state index is 10.4. The molecule has 0 aliphatic heterocycles. The number of carbonyl (C=O) groups is 1. The average Bonchev–Trinajstić information content (AvgIpc) is 2.35. The molecule has 0 unspecified atom stereocenters. The Balaban J connectivity index is 0. The second-order valence-electron chi connectivity index (χ2n) is 4.94. The van der Waals surface area contributed by atoms with Crippen LogP contribution in [-0.4, -0.2) is 40.6 Å². The molecule has 0 atom stereocenters. The summed E-state index contributed by atoms with van der Waals surface area (Å²) in [6, 6.07) is 0. The molecule has 0 radical (unpaired) electrons. The van der Waals surface area contributed by atoms with E-state index < -0.39 is 5.97 Å². The third kappa shape index (κ3) is 16.0. The number of carboxylic acid groups (broad SMARTS) is 1. The molecule has 0 rings (SSSR count). The minimum absolute atomic E-state index is 0. The molecule has 0 fully saturated rings. The molecule has 3 N–H and O–H groups in total. The van der Waals surface area contributed by atoms with E-state index in [0.29, 0.717) is 0 Å². The van der Waals surface area contributed by atoms with Crippen molar-refractivity contribution in [3.05, 3.63) is 11.8 Å². The second kappa shape index (κ2) is 16.1. The molecule has 0 saturated heterocycles. The third-order valence-corrected chi connectivity index (χ3v) is 3.17. The van der Waals surface area contributed by atoms with E-state index in [1.165, 1.54) is 57.8 Å². The van der Waals surface area contributed by atoms with Gasteiger partial charge in [0.15, 0.2) is 0 Å². The SMILES string of the molecule is CCCCCCCCCCCCC=C(N)C(=O)O.[NaH]. The van der Waals surface area contributed by atoms with Gasteiger partial charge in [0.2, 0.25) is 0 Å². The Hall–Kier alpha value is 0.0100. The van der Waals surface area contributed by atoms with Crippen LogP contribution in [0.25, 0.3) is 0 Å². The van der Waals surface area contributed by atoms with Crippen molar-refractivity contribution in [2.45, 2.75) is 77.6 Å². The van der Waals surface area contributed by atoms with Crippen LogP contribution in [0.15, 0.2) is 11.8 Å². The van der Waals surface area contributed by atoms with E-state index in [0.717, 1.165) is 12.8 Å². The van der Waals surface area contributed by atoms with Crippen molar-refractivity contribution in [3.8, 4) is 0 Å². The Morgan fingerprint density at radius 2 is 1.37 bits per heavy atom. The van der Waals surface area contributed by atoms with Gasteiger partial charge in [-0.3, -0.25) is 0 Å². The van der Waals surface area contributed by atoms with Gasteiger partial charge in [0.25, 0.3) is 0 Å². The number of hydrogen-bond donors (Lipinski definition) is 2. The molecular weight excluding hydrogens is 249 g/mol. The Bertz CT molecular complexity index is 242. The van der Waals surface area contributed by atoms with Crippen LogP contribution in [0, 0.1) is 0 Å². The van der Waals surface area contributed by atoms with Gasteiger partial charge in [-0.2, -0.15) is 0 Å². The molecule has 0 spiro atoms. The Morgan fingerprint density at radius 1 is 0.947 bits per heavy atom. The summed E-state index contributed by atoms with van der Waals surface area (Å²) in [5, 5.41) is 8.55. The summed E-state index contributed by atoms with van der Waals surface area (Å²) < 4.78 is 0. The topological polar surface area (TPSA) is 63.3 Å². The quantitative estimate of drug-likeness (QED) is 0.326. The molecule has 0 amide bonds. The van der Waals surface area contributed by atoms with Crippen molar-refractivity contribution in [1.29, 1.82) is 0 Å². The number of hydrogen-bond acceptors (Lipinski definition) is 2. The van der Waals surface area contributed by atoms with Gasteiger partial charge in [-0.25, -0.2) is 4.79 Å². The fourth-order valence-corrected chi connectivity index (χ4v) is 1.98. The Morgan fingerprint density at radius 3 is 1.79 bits per heavy atom. The van der Waals surface area contributed by atoms with Crippen molar-refractivity contribution in [2.75, 3.05) is 0 Å². The van der Waals surface area contributed by atoms with E-state index in [4.69, 9.17) is 10.8 Å². The van der Waals surface area contributed by atoms with Crippen LogP contribution in [0.1, 0.15) is 77.6 Å². The van der Waals surface area contributed by atoms with Gasteiger partial charge in [-0.15, -0.1) is 0 Å². The molecule has 0 bridgehead atoms. The van der Waals surface area contributed by atoms with E-state index in [9.17, 15) is 4.79 Å². The number of carboxylic acids is 1. The summed E-state index contributed by atoms with van der Waals surface area (Å²) in [6.45, 7) is 2.24. The normalized spacial score (nSPS) is 11.1. The molecule has 0 heterocycles. The van der Waals surface area contributed by atoms with E-state index in [1.54, 1.807) is 6.08 Å². The minimum atomic E-state index is -1.01. The van der Waals surface area contributed by atoms with Crippen molar-refractivity contribution in [3.63, 3.8) is 0 Å². The predicted octanol–water partition coefficient (Wildman–Crippen LogP) is 3.58. The van der Waals surface area contributed by atoms with Crippen LogP contribution in [0.2, 0.25) is 0 Å². The molecule has 19 heavy (non-hydrogen) atoms. The van der Waals surface area contributed by atoms with Crippen molar-refractivity contribution < 1.29 is 9.90 Å². The summed E-state index contributed by atoms with van der Waals surface area (Å²) in [6.07, 6.45) is 15.4. The van der Waals surface area contributed by atoms with Gasteiger partial charge in [0.1, 0.15) is 5.70 Å². The van der Waals surface area contributed by atoms with Crippen LogP contribution in [0.4, 0.5) is 0 Å². The molecule has 0 aromatic heterocycles. The number of aliphatic carboxylic acids is 1. The maximum absolute atomic E-state index is 10.4. The second-order valence-corrected chi connectivity index (χ2v) is 4.94. The first-order valence-electron chi connectivity index (χ1n) is 7.37. The molecule has 0 aliphatic carbocycles. The molecule has 4 heteroatoms. The van der Waals surface area contributed by atoms with Crippen LogP contribution in [0.5, 0.6) is 0 Å². The van der Waals surface area contributed by atoms with Crippen molar-refractivity contribution >= 4 is 35.5 Å². The van der Waals surface area contributed by atoms with Crippen LogP contribution < -0.4 is 5.73 Å². The summed E-state index contributed by atoms with van der Waals surface area (Å²) in [5.74, 6) is -1.01. The van der Waals surface area contributed by atoms with Crippen LogP contribution in [-0.2, 0) is 4.79 Å². The number of nitrogens with two attached hydrogens (primary N) is 1. The first-order valence-corrected chi connectivity index (χ1v) is 7.37. The zero-order valence-electron chi connectivity index (χ0n) is 11.8. The van der Waals surface area contributed by atoms with Gasteiger partial charge in [0.05, 0.1) is 0 Å². The number of allylic oxidation sites excluding steroid dienone is 1. The zero-order valence-corrected chi connectivity index (χ0v) is 11.8. The van der Waals surface area contributed by atoms with Gasteiger partial charge < -0.3 is 10.8 Å². The number of unbranched alkanes of at least 4 members (excludes halogenated alkanes) is 10. The molecule has 0 aromatic carbocycles. The monoisotopic (exact) mass is 279 g/mol. The summed E-state index contributed by atoms with van der Waals surface area (Å²) >= 11 is 0. The van der Waals surface area contributed by atoms with E-state index in [1.807, 2.05) is 0 Å². The fraction of sp³-hybridized carbons (Fsp3) is 0.800. The fourth-order valence-electron chi connectivity index (χ4n) is 1.98. The van der Waals surface area contributed by atoms with Crippen molar-refractivity contribution in [1.82, 2.24) is 0 Å². The molecule has 0 aliphatic rings. The molecular formula is C15H30NNaO2. The molecule has 0 saturated carbocycles. The first-order chi connectivity index (χ1) is 8.68. The van der Waals surface area contributed by atoms with E-state index in [-0.39, 0.29) is 35.3 Å². The zero-order chi connectivity index (χ0) is 13.6. The standard InChI is InChI=1S/C15H29NO2.Na.H/c1-2-3-4-5-6-7-8-9-10-11-12-13-14(16)15(17)18;;/h13H,2-12,16H2,1H3,(H,17,18);;. The Kier molecular flexibility index (Phi) is 18.0. The number of rotatable bonds is 12. The van der Waals surface area contributed by atoms with Crippen molar-refractivity contribution in [2.24, 2.45) is 5.73 Å². The van der Waals surface area contributed by atoms with Gasteiger partial charge >= 0.3 is 35.5 Å². The third-order valence-electron chi connectivity index (χ3n) is 3.17.